The molecule has 0 amide bonds. The van der Waals surface area contributed by atoms with Gasteiger partial charge in [0.25, 0.3) is 6.43 Å². The number of nitrogens with one attached hydrogen (secondary N) is 1. The van der Waals surface area contributed by atoms with Gasteiger partial charge >= 0.3 is 0 Å². The normalized spacial score (nSPS) is 23.9. The number of halogens is 2. The Morgan fingerprint density at radius 2 is 1.76 bits per heavy atom. The summed E-state index contributed by atoms with van der Waals surface area (Å²) < 4.78 is 34.6. The Morgan fingerprint density at radius 1 is 1.06 bits per heavy atom. The molecule has 2 aliphatic rings. The summed E-state index contributed by atoms with van der Waals surface area (Å²) in [6, 6.07) is 7.02. The number of para-hydroxylation sites is 2. The summed E-state index contributed by atoms with van der Waals surface area (Å²) in [6.45, 7) is 4.12. The predicted octanol–water partition coefficient (Wildman–Crippen LogP) is 3.09. The van der Waals surface area contributed by atoms with Crippen molar-refractivity contribution in [2.24, 2.45) is 0 Å². The molecular weight excluding hydrogens is 432 g/mol. The zero-order chi connectivity index (χ0) is 23.0. The van der Waals surface area contributed by atoms with E-state index in [1.54, 1.807) is 24.3 Å². The highest BCUT2D eigenvalue weighted by Crippen LogP contribution is 2.30. The molecule has 0 atom stereocenters. The molecule has 5 rings (SSSR count). The van der Waals surface area contributed by atoms with E-state index in [1.165, 1.54) is 4.57 Å². The first-order chi connectivity index (χ1) is 15.9. The topological polar surface area (TPSA) is 101 Å². The maximum atomic E-state index is 13.9. The molecule has 2 aromatic heterocycles. The summed E-state index contributed by atoms with van der Waals surface area (Å²) in [5, 5.41) is 13.6. The van der Waals surface area contributed by atoms with Crippen molar-refractivity contribution in [3.63, 3.8) is 0 Å². The van der Waals surface area contributed by atoms with Crippen LogP contribution in [0.2, 0.25) is 0 Å². The summed E-state index contributed by atoms with van der Waals surface area (Å²) in [5.41, 5.74) is 0.292. The minimum absolute atomic E-state index is 0.0760. The van der Waals surface area contributed by atoms with Crippen molar-refractivity contribution in [1.82, 2.24) is 24.5 Å². The van der Waals surface area contributed by atoms with E-state index in [9.17, 15) is 13.9 Å². The Morgan fingerprint density at radius 3 is 2.48 bits per heavy atom. The van der Waals surface area contributed by atoms with E-state index in [4.69, 9.17) is 4.74 Å². The Labute approximate surface area is 189 Å². The van der Waals surface area contributed by atoms with E-state index in [1.807, 2.05) is 11.8 Å². The van der Waals surface area contributed by atoms with Gasteiger partial charge in [-0.05, 0) is 44.7 Å². The van der Waals surface area contributed by atoms with Gasteiger partial charge in [0.2, 0.25) is 17.8 Å². The minimum atomic E-state index is -2.79. The molecule has 2 fully saturated rings. The maximum absolute atomic E-state index is 13.9. The predicted molar refractivity (Wildman–Crippen MR) is 119 cm³/mol. The molecule has 0 spiro atoms. The van der Waals surface area contributed by atoms with E-state index in [0.29, 0.717) is 62.1 Å². The van der Waals surface area contributed by atoms with Gasteiger partial charge < -0.3 is 20.1 Å². The number of nitrogens with zero attached hydrogens (tertiary/aromatic N) is 6. The van der Waals surface area contributed by atoms with Gasteiger partial charge in [-0.3, -0.25) is 4.57 Å². The highest BCUT2D eigenvalue weighted by molar-refractivity contribution is 5.77. The average Bonchev–Trinajstić information content (AvgIpc) is 3.21. The lowest BCUT2D eigenvalue weighted by Gasteiger charge is -2.33. The Hall–Kier alpha value is -2.92. The first-order valence-electron chi connectivity index (χ1n) is 11.2. The first kappa shape index (κ1) is 21.9. The number of hydrogen-bond acceptors (Lipinski definition) is 8. The van der Waals surface area contributed by atoms with E-state index in [-0.39, 0.29) is 12.0 Å². The van der Waals surface area contributed by atoms with Crippen LogP contribution in [0, 0.1) is 0 Å². The lowest BCUT2D eigenvalue weighted by molar-refractivity contribution is 0.0195. The van der Waals surface area contributed by atoms with Crippen molar-refractivity contribution >= 4 is 22.9 Å². The summed E-state index contributed by atoms with van der Waals surface area (Å²) in [7, 11) is 0. The molecule has 1 saturated carbocycles. The molecule has 3 aromatic rings. The number of ether oxygens (including phenoxy) is 1. The van der Waals surface area contributed by atoms with Crippen LogP contribution in [0.1, 0.15) is 44.9 Å². The number of morpholine rings is 1. The lowest BCUT2D eigenvalue weighted by Crippen LogP contribution is -2.38. The van der Waals surface area contributed by atoms with Crippen LogP contribution >= 0.6 is 0 Å². The van der Waals surface area contributed by atoms with Gasteiger partial charge in [0.15, 0.2) is 5.82 Å². The average molecular weight is 460 g/mol. The van der Waals surface area contributed by atoms with Gasteiger partial charge in [-0.25, -0.2) is 13.8 Å². The number of alkyl halides is 2. The van der Waals surface area contributed by atoms with Crippen LogP contribution in [-0.4, -0.2) is 67.6 Å². The smallest absolute Gasteiger partial charge is 0.296 e. The molecule has 0 bridgehead atoms. The minimum Gasteiger partial charge on any atom is -0.390 e. The molecule has 0 radical (unpaired) electrons. The third-order valence-electron chi connectivity index (χ3n) is 6.28. The highest BCUT2D eigenvalue weighted by atomic mass is 19.3. The molecule has 9 nitrogen and oxygen atoms in total. The monoisotopic (exact) mass is 459 g/mol. The number of rotatable bonds is 5. The van der Waals surface area contributed by atoms with Gasteiger partial charge in [-0.15, -0.1) is 0 Å². The molecule has 2 N–H and O–H groups in total. The fraction of sp³-hybridized carbons (Fsp3) is 0.545. The molecule has 1 saturated heterocycles. The SMILES string of the molecule is CC1(O)CCC(Nc2nc(N3CCOCC3)nc(-n3c(C(F)F)nc4ccccc43)n2)CC1. The number of aromatic nitrogens is 5. The second kappa shape index (κ2) is 8.79. The van der Waals surface area contributed by atoms with Crippen molar-refractivity contribution in [1.29, 1.82) is 0 Å². The van der Waals surface area contributed by atoms with Crippen molar-refractivity contribution in [3.05, 3.63) is 30.1 Å². The molecule has 33 heavy (non-hydrogen) atoms. The molecule has 1 aromatic carbocycles. The summed E-state index contributed by atoms with van der Waals surface area (Å²) in [5.74, 6) is 0.424. The Balaban J connectivity index is 1.56. The summed E-state index contributed by atoms with van der Waals surface area (Å²) in [6.07, 6.45) is 0.0632. The van der Waals surface area contributed by atoms with Crippen molar-refractivity contribution in [2.45, 2.75) is 50.7 Å². The Kier molecular flexibility index (Phi) is 5.83. The fourth-order valence-electron chi connectivity index (χ4n) is 4.39. The third kappa shape index (κ3) is 4.60. The molecular formula is C22H27F2N7O2. The molecule has 176 valence electrons. The zero-order valence-electron chi connectivity index (χ0n) is 18.4. The zero-order valence-corrected chi connectivity index (χ0v) is 18.4. The van der Waals surface area contributed by atoms with E-state index >= 15 is 0 Å². The van der Waals surface area contributed by atoms with Crippen molar-refractivity contribution < 1.29 is 18.6 Å². The maximum Gasteiger partial charge on any atom is 0.296 e. The van der Waals surface area contributed by atoms with Gasteiger partial charge in [-0.2, -0.15) is 15.0 Å². The number of aliphatic hydroxyl groups is 1. The standard InChI is InChI=1S/C22H27F2N7O2/c1-22(32)8-6-14(7-9-22)25-19-27-20(30-10-12-33-13-11-30)29-21(28-19)31-16-5-3-2-4-15(16)26-18(31)17(23)24/h2-5,14,17,32H,6-13H2,1H3,(H,25,27,28,29). The van der Waals surface area contributed by atoms with Gasteiger partial charge in [0.1, 0.15) is 0 Å². The molecule has 11 heteroatoms. The number of benzene rings is 1. The first-order valence-corrected chi connectivity index (χ1v) is 11.2. The van der Waals surface area contributed by atoms with Crippen LogP contribution in [0.25, 0.3) is 17.0 Å². The van der Waals surface area contributed by atoms with Crippen LogP contribution in [-0.2, 0) is 4.74 Å². The number of hydrogen-bond donors (Lipinski definition) is 2. The van der Waals surface area contributed by atoms with Crippen LogP contribution in [0.15, 0.2) is 24.3 Å². The van der Waals surface area contributed by atoms with Crippen molar-refractivity contribution in [3.8, 4) is 5.95 Å². The van der Waals surface area contributed by atoms with Gasteiger partial charge in [-0.1, -0.05) is 12.1 Å². The molecule has 3 heterocycles. The second-order valence-electron chi connectivity index (χ2n) is 8.87. The molecule has 0 unspecified atom stereocenters. The van der Waals surface area contributed by atoms with Crippen LogP contribution in [0.5, 0.6) is 0 Å². The van der Waals surface area contributed by atoms with Crippen molar-refractivity contribution in [2.75, 3.05) is 36.5 Å². The number of imidazole rings is 1. The van der Waals surface area contributed by atoms with Crippen LogP contribution < -0.4 is 10.2 Å². The number of anilines is 2. The summed E-state index contributed by atoms with van der Waals surface area (Å²) >= 11 is 0. The molecule has 1 aliphatic heterocycles. The lowest BCUT2D eigenvalue weighted by atomic mass is 9.84. The van der Waals surface area contributed by atoms with E-state index in [2.05, 4.69) is 25.3 Å². The van der Waals surface area contributed by atoms with E-state index < -0.39 is 17.9 Å². The number of fused-ring (bicyclic) bond motifs is 1. The van der Waals surface area contributed by atoms with Crippen LogP contribution in [0.3, 0.4) is 0 Å². The summed E-state index contributed by atoms with van der Waals surface area (Å²) in [4.78, 5) is 19.8. The second-order valence-corrected chi connectivity index (χ2v) is 8.87. The highest BCUT2D eigenvalue weighted by Gasteiger charge is 2.30. The van der Waals surface area contributed by atoms with Gasteiger partial charge in [0, 0.05) is 19.1 Å². The fourth-order valence-corrected chi connectivity index (χ4v) is 4.39. The van der Waals surface area contributed by atoms with E-state index in [0.717, 1.165) is 12.8 Å². The third-order valence-corrected chi connectivity index (χ3v) is 6.28. The quantitative estimate of drug-likeness (QED) is 0.600. The largest absolute Gasteiger partial charge is 0.390 e. The van der Waals surface area contributed by atoms with Crippen LogP contribution in [0.4, 0.5) is 20.7 Å². The molecule has 1 aliphatic carbocycles. The Bertz CT molecular complexity index is 1120. The van der Waals surface area contributed by atoms with Gasteiger partial charge in [0.05, 0.1) is 29.8 Å².